The number of H-pyrrole nitrogens is 1. The van der Waals surface area contributed by atoms with E-state index in [-0.39, 0.29) is 11.8 Å². The third kappa shape index (κ3) is 4.70. The van der Waals surface area contributed by atoms with Crippen LogP contribution in [0.2, 0.25) is 0 Å². The fraction of sp³-hybridized carbons (Fsp3) is 0.375. The first-order valence-corrected chi connectivity index (χ1v) is 10.7. The monoisotopic (exact) mass is 404 g/mol. The first-order valence-electron chi connectivity index (χ1n) is 10.7. The van der Waals surface area contributed by atoms with Crippen LogP contribution in [-0.2, 0) is 9.59 Å². The van der Waals surface area contributed by atoms with Crippen LogP contribution in [0.4, 0.5) is 5.69 Å². The number of carbonyl (C=O) groups is 2. The maximum atomic E-state index is 12.7. The molecule has 1 fully saturated rings. The Labute approximate surface area is 176 Å². The van der Waals surface area contributed by atoms with Crippen molar-refractivity contribution in [1.82, 2.24) is 15.3 Å². The normalized spacial score (nSPS) is 15.6. The lowest BCUT2D eigenvalue weighted by molar-refractivity contribution is -0.126. The molecule has 0 bridgehead atoms. The van der Waals surface area contributed by atoms with Crippen LogP contribution in [0.5, 0.6) is 0 Å². The second-order valence-corrected chi connectivity index (χ2v) is 8.13. The van der Waals surface area contributed by atoms with Crippen LogP contribution >= 0.6 is 0 Å². The molecule has 3 aromatic rings. The van der Waals surface area contributed by atoms with Gasteiger partial charge in [-0.1, -0.05) is 43.5 Å². The molecule has 1 aromatic heterocycles. The Balaban J connectivity index is 1.42. The van der Waals surface area contributed by atoms with Crippen molar-refractivity contribution in [1.29, 1.82) is 0 Å². The third-order valence-corrected chi connectivity index (χ3v) is 5.80. The number of amides is 2. The van der Waals surface area contributed by atoms with Crippen LogP contribution < -0.4 is 10.6 Å². The summed E-state index contributed by atoms with van der Waals surface area (Å²) in [5.41, 5.74) is 3.28. The Kier molecular flexibility index (Phi) is 6.12. The Morgan fingerprint density at radius 2 is 1.80 bits per heavy atom. The van der Waals surface area contributed by atoms with E-state index in [4.69, 9.17) is 0 Å². The van der Waals surface area contributed by atoms with E-state index >= 15 is 0 Å². The molecule has 1 saturated carbocycles. The molecule has 2 aromatic carbocycles. The van der Waals surface area contributed by atoms with Gasteiger partial charge in [0.25, 0.3) is 0 Å². The Morgan fingerprint density at radius 1 is 1.07 bits per heavy atom. The number of anilines is 1. The summed E-state index contributed by atoms with van der Waals surface area (Å²) in [5.74, 6) is 0.856. The zero-order valence-electron chi connectivity index (χ0n) is 17.3. The molecule has 1 aliphatic carbocycles. The summed E-state index contributed by atoms with van der Waals surface area (Å²) in [4.78, 5) is 33.0. The molecule has 2 amide bonds. The molecule has 1 aliphatic rings. The maximum absolute atomic E-state index is 12.7. The summed E-state index contributed by atoms with van der Waals surface area (Å²) < 4.78 is 0. The van der Waals surface area contributed by atoms with Crippen molar-refractivity contribution in [2.45, 2.75) is 51.5 Å². The van der Waals surface area contributed by atoms with E-state index in [1.807, 2.05) is 48.5 Å². The second kappa shape index (κ2) is 9.11. The lowest BCUT2D eigenvalue weighted by Gasteiger charge is -2.22. The number of para-hydroxylation sites is 3. The fourth-order valence-electron chi connectivity index (χ4n) is 4.14. The van der Waals surface area contributed by atoms with Gasteiger partial charge in [0, 0.05) is 12.0 Å². The van der Waals surface area contributed by atoms with E-state index < -0.39 is 6.04 Å². The summed E-state index contributed by atoms with van der Waals surface area (Å²) in [7, 11) is 0. The Morgan fingerprint density at radius 3 is 2.60 bits per heavy atom. The molecule has 0 saturated heterocycles. The zero-order chi connectivity index (χ0) is 20.9. The minimum absolute atomic E-state index is 0.0462. The molecular formula is C24H28N4O2. The van der Waals surface area contributed by atoms with Crippen molar-refractivity contribution in [3.05, 3.63) is 48.5 Å². The van der Waals surface area contributed by atoms with Gasteiger partial charge in [0.15, 0.2) is 0 Å². The molecule has 6 heteroatoms. The summed E-state index contributed by atoms with van der Waals surface area (Å²) >= 11 is 0. The predicted octanol–water partition coefficient (Wildman–Crippen LogP) is 4.64. The molecular weight excluding hydrogens is 376 g/mol. The lowest BCUT2D eigenvalue weighted by Crippen LogP contribution is -2.42. The van der Waals surface area contributed by atoms with Crippen molar-refractivity contribution in [3.8, 4) is 11.4 Å². The average molecular weight is 405 g/mol. The van der Waals surface area contributed by atoms with Crippen molar-refractivity contribution in [3.63, 3.8) is 0 Å². The molecule has 0 aliphatic heterocycles. The van der Waals surface area contributed by atoms with Crippen LogP contribution in [0.1, 0.15) is 45.4 Å². The molecule has 6 nitrogen and oxygen atoms in total. The molecule has 0 spiro atoms. The van der Waals surface area contributed by atoms with Gasteiger partial charge in [-0.05, 0) is 49.9 Å². The number of hydrogen-bond acceptors (Lipinski definition) is 3. The first kappa shape index (κ1) is 20.1. The highest BCUT2D eigenvalue weighted by Gasteiger charge is 2.21. The third-order valence-electron chi connectivity index (χ3n) is 5.80. The highest BCUT2D eigenvalue weighted by molar-refractivity contribution is 5.99. The fourth-order valence-corrected chi connectivity index (χ4v) is 4.14. The number of hydrogen-bond donors (Lipinski definition) is 3. The van der Waals surface area contributed by atoms with Gasteiger partial charge in [-0.2, -0.15) is 0 Å². The number of nitrogens with one attached hydrogen (secondary N) is 3. The Hall–Kier alpha value is -3.15. The van der Waals surface area contributed by atoms with Crippen molar-refractivity contribution >= 4 is 28.5 Å². The van der Waals surface area contributed by atoms with E-state index in [9.17, 15) is 9.59 Å². The van der Waals surface area contributed by atoms with Crippen molar-refractivity contribution in [2.24, 2.45) is 5.92 Å². The summed E-state index contributed by atoms with van der Waals surface area (Å²) in [6.45, 7) is 1.72. The highest BCUT2D eigenvalue weighted by Crippen LogP contribution is 2.28. The number of carbonyl (C=O) groups excluding carboxylic acids is 2. The summed E-state index contributed by atoms with van der Waals surface area (Å²) in [6, 6.07) is 14.7. The van der Waals surface area contributed by atoms with Gasteiger partial charge in [0.05, 0.1) is 16.7 Å². The van der Waals surface area contributed by atoms with Gasteiger partial charge in [0.1, 0.15) is 11.9 Å². The highest BCUT2D eigenvalue weighted by atomic mass is 16.2. The number of benzene rings is 2. The van der Waals surface area contributed by atoms with Crippen LogP contribution in [0.15, 0.2) is 48.5 Å². The number of rotatable bonds is 6. The quantitative estimate of drug-likeness (QED) is 0.559. The Bertz CT molecular complexity index is 1000. The van der Waals surface area contributed by atoms with Crippen molar-refractivity contribution < 1.29 is 9.59 Å². The number of nitrogens with zero attached hydrogens (tertiary/aromatic N) is 1. The number of aromatic amines is 1. The van der Waals surface area contributed by atoms with E-state index in [0.717, 1.165) is 29.4 Å². The number of imidazole rings is 1. The minimum atomic E-state index is -0.607. The molecule has 1 unspecified atom stereocenters. The van der Waals surface area contributed by atoms with E-state index in [2.05, 4.69) is 20.6 Å². The topological polar surface area (TPSA) is 86.9 Å². The molecule has 4 rings (SSSR count). The van der Waals surface area contributed by atoms with Gasteiger partial charge in [-0.25, -0.2) is 4.98 Å². The smallest absolute Gasteiger partial charge is 0.246 e. The van der Waals surface area contributed by atoms with Gasteiger partial charge in [0.2, 0.25) is 11.8 Å². The van der Waals surface area contributed by atoms with Crippen LogP contribution in [-0.4, -0.2) is 27.8 Å². The SMILES string of the molecule is CC(NC(=O)CC1CCCCC1)C(=O)Nc1ccccc1-c1nc2ccccc2[nH]1. The largest absolute Gasteiger partial charge is 0.345 e. The molecule has 1 atom stereocenters. The lowest BCUT2D eigenvalue weighted by atomic mass is 9.87. The van der Waals surface area contributed by atoms with Crippen LogP contribution in [0, 0.1) is 5.92 Å². The molecule has 156 valence electrons. The average Bonchev–Trinajstić information content (AvgIpc) is 3.18. The van der Waals surface area contributed by atoms with E-state index in [0.29, 0.717) is 23.9 Å². The molecule has 3 N–H and O–H groups in total. The molecule has 1 heterocycles. The van der Waals surface area contributed by atoms with Crippen LogP contribution in [0.25, 0.3) is 22.4 Å². The van der Waals surface area contributed by atoms with Crippen molar-refractivity contribution in [2.75, 3.05) is 5.32 Å². The number of fused-ring (bicyclic) bond motifs is 1. The van der Waals surface area contributed by atoms with Gasteiger partial charge < -0.3 is 15.6 Å². The van der Waals surface area contributed by atoms with Gasteiger partial charge in [-0.3, -0.25) is 9.59 Å². The van der Waals surface area contributed by atoms with Gasteiger partial charge >= 0.3 is 0 Å². The molecule has 30 heavy (non-hydrogen) atoms. The maximum Gasteiger partial charge on any atom is 0.246 e. The summed E-state index contributed by atoms with van der Waals surface area (Å²) in [5, 5.41) is 5.80. The minimum Gasteiger partial charge on any atom is -0.345 e. The zero-order valence-corrected chi connectivity index (χ0v) is 17.3. The van der Waals surface area contributed by atoms with Crippen LogP contribution in [0.3, 0.4) is 0 Å². The van der Waals surface area contributed by atoms with E-state index in [1.54, 1.807) is 6.92 Å². The van der Waals surface area contributed by atoms with Gasteiger partial charge in [-0.15, -0.1) is 0 Å². The number of aromatic nitrogens is 2. The second-order valence-electron chi connectivity index (χ2n) is 8.13. The standard InChI is InChI=1S/C24H28N4O2/c1-16(25-22(29)15-17-9-3-2-4-10-17)24(30)28-19-12-6-5-11-18(19)23-26-20-13-7-8-14-21(20)27-23/h5-8,11-14,16-17H,2-4,9-10,15H2,1H3,(H,25,29)(H,26,27)(H,28,30). The predicted molar refractivity (Wildman–Crippen MR) is 119 cm³/mol. The van der Waals surface area contributed by atoms with E-state index in [1.165, 1.54) is 19.3 Å². The first-order chi connectivity index (χ1) is 14.6. The molecule has 0 radical (unpaired) electrons. The summed E-state index contributed by atoms with van der Waals surface area (Å²) in [6.07, 6.45) is 6.39.